The first-order valence-corrected chi connectivity index (χ1v) is 8.25. The van der Waals surface area contributed by atoms with Crippen molar-refractivity contribution in [2.24, 2.45) is 0 Å². The lowest BCUT2D eigenvalue weighted by atomic mass is 10.1. The topological polar surface area (TPSA) is 31.6 Å². The highest BCUT2D eigenvalue weighted by atomic mass is 19.1. The molecule has 0 spiro atoms. The second kappa shape index (κ2) is 7.43. The second-order valence-corrected chi connectivity index (χ2v) is 5.74. The number of ether oxygens (including phenoxy) is 2. The van der Waals surface area contributed by atoms with Gasteiger partial charge in [-0.1, -0.05) is 32.6 Å². The molecule has 0 aliphatic carbocycles. The highest BCUT2D eigenvalue weighted by Gasteiger charge is 2.20. The average molecular weight is 344 g/mol. The van der Waals surface area contributed by atoms with Crippen LogP contribution in [0.4, 0.5) is 8.78 Å². The molecule has 0 bridgehead atoms. The van der Waals surface area contributed by atoms with E-state index in [4.69, 9.17) is 20.3 Å². The first-order valence-electron chi connectivity index (χ1n) is 8.25. The van der Waals surface area contributed by atoms with E-state index in [1.165, 1.54) is 12.1 Å². The van der Waals surface area contributed by atoms with Crippen LogP contribution in [-0.4, -0.2) is 6.61 Å². The highest BCUT2D eigenvalue weighted by Crippen LogP contribution is 2.37. The minimum absolute atomic E-state index is 0.0437. The molecule has 0 radical (unpaired) electrons. The van der Waals surface area contributed by atoms with Gasteiger partial charge >= 0.3 is 0 Å². The van der Waals surface area contributed by atoms with Gasteiger partial charge in [-0.05, 0) is 30.7 Å². The van der Waals surface area contributed by atoms with Gasteiger partial charge in [0.05, 0.1) is 6.61 Å². The molecule has 130 valence electrons. The Balaban J connectivity index is 1.94. The zero-order chi connectivity index (χ0) is 17.8. The molecule has 3 rings (SSSR count). The summed E-state index contributed by atoms with van der Waals surface area (Å²) in [5.74, 6) is -1.43. The maximum Gasteiger partial charge on any atom is 0.209 e. The fourth-order valence-electron chi connectivity index (χ4n) is 2.77. The largest absolute Gasteiger partial charge is 0.490 e. The molecule has 0 unspecified atom stereocenters. The number of furan rings is 1. The number of benzene rings is 2. The summed E-state index contributed by atoms with van der Waals surface area (Å²) in [5.41, 5.74) is -0.139. The van der Waals surface area contributed by atoms with Crippen LogP contribution in [0.15, 0.2) is 28.7 Å². The minimum Gasteiger partial charge on any atom is -0.490 e. The van der Waals surface area contributed by atoms with E-state index >= 15 is 0 Å². The number of unbranched alkanes of at least 4 members (excludes halogenated alkanes) is 3. The van der Waals surface area contributed by atoms with Crippen LogP contribution in [0.25, 0.3) is 21.9 Å². The van der Waals surface area contributed by atoms with Gasteiger partial charge in [-0.2, -0.15) is 8.78 Å². The summed E-state index contributed by atoms with van der Waals surface area (Å²) in [6, 6.07) is 6.17. The fraction of sp³-hybridized carbons (Fsp3) is 0.300. The minimum atomic E-state index is -0.756. The van der Waals surface area contributed by atoms with Crippen LogP contribution in [-0.2, 0) is 0 Å². The molecule has 3 nitrogen and oxygen atoms in total. The van der Waals surface area contributed by atoms with Crippen molar-refractivity contribution in [3.05, 3.63) is 35.9 Å². The molecule has 0 aliphatic heterocycles. The van der Waals surface area contributed by atoms with Crippen molar-refractivity contribution in [2.45, 2.75) is 32.6 Å². The predicted octanol–water partition coefficient (Wildman–Crippen LogP) is 5.79. The van der Waals surface area contributed by atoms with Gasteiger partial charge in [0, 0.05) is 10.8 Å². The monoisotopic (exact) mass is 344 g/mol. The molecule has 0 N–H and O–H groups in total. The van der Waals surface area contributed by atoms with Gasteiger partial charge in [0.25, 0.3) is 0 Å². The number of rotatable bonds is 7. The molecule has 25 heavy (non-hydrogen) atoms. The molecule has 0 aliphatic rings. The van der Waals surface area contributed by atoms with E-state index in [0.29, 0.717) is 17.4 Å². The number of terminal acetylenes is 1. The lowest BCUT2D eigenvalue weighted by Gasteiger charge is -2.07. The zero-order valence-corrected chi connectivity index (χ0v) is 13.9. The normalized spacial score (nSPS) is 11.0. The van der Waals surface area contributed by atoms with Gasteiger partial charge in [0.1, 0.15) is 6.11 Å². The lowest BCUT2D eigenvalue weighted by molar-refractivity contribution is 0.290. The van der Waals surface area contributed by atoms with Crippen molar-refractivity contribution in [3.63, 3.8) is 0 Å². The molecule has 0 saturated heterocycles. The van der Waals surface area contributed by atoms with E-state index in [-0.39, 0.29) is 22.7 Å². The predicted molar refractivity (Wildman–Crippen MR) is 92.7 cm³/mol. The Kier molecular flexibility index (Phi) is 5.08. The van der Waals surface area contributed by atoms with Gasteiger partial charge in [-0.3, -0.25) is 0 Å². The molecule has 1 aromatic heterocycles. The van der Waals surface area contributed by atoms with Crippen LogP contribution in [0.2, 0.25) is 0 Å². The Bertz CT molecular complexity index is 938. The van der Waals surface area contributed by atoms with Crippen LogP contribution < -0.4 is 9.47 Å². The Hall–Kier alpha value is -2.74. The highest BCUT2D eigenvalue weighted by molar-refractivity contribution is 6.06. The van der Waals surface area contributed by atoms with Crippen molar-refractivity contribution >= 4 is 21.9 Å². The Labute approximate surface area is 144 Å². The summed E-state index contributed by atoms with van der Waals surface area (Å²) in [5, 5.41) is 0.919. The molecule has 3 aromatic rings. The van der Waals surface area contributed by atoms with Gasteiger partial charge in [-0.15, -0.1) is 0 Å². The molecule has 2 aromatic carbocycles. The van der Waals surface area contributed by atoms with Crippen LogP contribution >= 0.6 is 0 Å². The summed E-state index contributed by atoms with van der Waals surface area (Å²) in [6.45, 7) is 2.55. The zero-order valence-electron chi connectivity index (χ0n) is 13.9. The average Bonchev–Trinajstić information content (AvgIpc) is 2.99. The van der Waals surface area contributed by atoms with Gasteiger partial charge in [0.2, 0.25) is 11.6 Å². The number of hydrogen-bond donors (Lipinski definition) is 0. The molecule has 0 amide bonds. The maximum atomic E-state index is 14.7. The van der Waals surface area contributed by atoms with Crippen molar-refractivity contribution in [3.8, 4) is 24.0 Å². The van der Waals surface area contributed by atoms with Crippen LogP contribution in [0.3, 0.4) is 0 Å². The quantitative estimate of drug-likeness (QED) is 0.401. The Morgan fingerprint density at radius 1 is 0.960 bits per heavy atom. The van der Waals surface area contributed by atoms with Crippen LogP contribution in [0.5, 0.6) is 11.5 Å². The molecular weight excluding hydrogens is 326 g/mol. The third-order valence-corrected chi connectivity index (χ3v) is 4.04. The molecule has 0 fully saturated rings. The van der Waals surface area contributed by atoms with Crippen molar-refractivity contribution in [1.82, 2.24) is 0 Å². The van der Waals surface area contributed by atoms with E-state index in [9.17, 15) is 8.78 Å². The maximum absolute atomic E-state index is 14.7. The first-order chi connectivity index (χ1) is 12.2. The van der Waals surface area contributed by atoms with Gasteiger partial charge < -0.3 is 13.9 Å². The third kappa shape index (κ3) is 3.25. The van der Waals surface area contributed by atoms with Crippen LogP contribution in [0, 0.1) is 24.2 Å². The summed E-state index contributed by atoms with van der Waals surface area (Å²) in [6.07, 6.45) is 11.1. The molecular formula is C20H18F2O3. The van der Waals surface area contributed by atoms with Gasteiger partial charge in [0.15, 0.2) is 22.7 Å². The van der Waals surface area contributed by atoms with Crippen molar-refractivity contribution in [1.29, 1.82) is 0 Å². The smallest absolute Gasteiger partial charge is 0.209 e. The van der Waals surface area contributed by atoms with Gasteiger partial charge in [-0.25, -0.2) is 0 Å². The fourth-order valence-corrected chi connectivity index (χ4v) is 2.77. The lowest BCUT2D eigenvalue weighted by Crippen LogP contribution is -1.99. The summed E-state index contributed by atoms with van der Waals surface area (Å²) >= 11 is 0. The van der Waals surface area contributed by atoms with Crippen LogP contribution in [0.1, 0.15) is 32.6 Å². The summed E-state index contributed by atoms with van der Waals surface area (Å²) < 4.78 is 44.7. The van der Waals surface area contributed by atoms with E-state index in [2.05, 4.69) is 6.92 Å². The standard InChI is InChI=1S/C20H18F2O3/c1-3-5-6-7-12-24-16-11-9-14-13-8-10-15(23-4-2)17(21)19(13)25-20(14)18(16)22/h2,8-11H,3,5-7,12H2,1H3. The molecule has 0 saturated carbocycles. The van der Waals surface area contributed by atoms with Crippen molar-refractivity contribution < 1.29 is 22.7 Å². The number of halogens is 2. The van der Waals surface area contributed by atoms with E-state index < -0.39 is 11.6 Å². The first kappa shape index (κ1) is 17.1. The third-order valence-electron chi connectivity index (χ3n) is 4.04. The summed E-state index contributed by atoms with van der Waals surface area (Å²) in [4.78, 5) is 0. The van der Waals surface area contributed by atoms with E-state index in [0.717, 1.165) is 25.7 Å². The van der Waals surface area contributed by atoms with E-state index in [1.54, 1.807) is 12.1 Å². The van der Waals surface area contributed by atoms with Crippen molar-refractivity contribution in [2.75, 3.05) is 6.61 Å². The summed E-state index contributed by atoms with van der Waals surface area (Å²) in [7, 11) is 0. The SMILES string of the molecule is C#COc1ccc2c(oc3c(F)c(OCCCCCC)ccc32)c1F. The number of fused-ring (bicyclic) bond motifs is 3. The molecule has 5 heteroatoms. The molecule has 0 atom stereocenters. The number of hydrogen-bond acceptors (Lipinski definition) is 3. The second-order valence-electron chi connectivity index (χ2n) is 5.74. The Morgan fingerprint density at radius 3 is 2.24 bits per heavy atom. The Morgan fingerprint density at radius 2 is 1.60 bits per heavy atom. The van der Waals surface area contributed by atoms with E-state index in [1.807, 2.05) is 6.11 Å². The molecule has 1 heterocycles.